The van der Waals surface area contributed by atoms with Gasteiger partial charge in [0.25, 0.3) is 5.91 Å². The molecule has 0 fully saturated rings. The van der Waals surface area contributed by atoms with Gasteiger partial charge in [-0.1, -0.05) is 32.0 Å². The maximum Gasteiger partial charge on any atom is 0.262 e. The Bertz CT molecular complexity index is 764. The van der Waals surface area contributed by atoms with Crippen LogP contribution in [0.3, 0.4) is 0 Å². The van der Waals surface area contributed by atoms with Gasteiger partial charge in [-0.25, -0.2) is 4.39 Å². The van der Waals surface area contributed by atoms with Crippen LogP contribution in [0, 0.1) is 5.82 Å². The van der Waals surface area contributed by atoms with E-state index in [1.165, 1.54) is 19.1 Å². The Morgan fingerprint density at radius 3 is 2.28 bits per heavy atom. The molecule has 132 valence electrons. The predicted molar refractivity (Wildman–Crippen MR) is 95.7 cm³/mol. The van der Waals surface area contributed by atoms with E-state index in [9.17, 15) is 14.0 Å². The molecule has 1 amide bonds. The van der Waals surface area contributed by atoms with Gasteiger partial charge in [0.15, 0.2) is 12.4 Å². The van der Waals surface area contributed by atoms with Gasteiger partial charge >= 0.3 is 0 Å². The van der Waals surface area contributed by atoms with Gasteiger partial charge in [0.2, 0.25) is 0 Å². The molecule has 0 aliphatic carbocycles. The maximum atomic E-state index is 13.3. The fraction of sp³-hybridized carbons (Fsp3) is 0.300. The fourth-order valence-electron chi connectivity index (χ4n) is 2.63. The van der Waals surface area contributed by atoms with Crippen LogP contribution in [0.1, 0.15) is 42.3 Å². The molecular formula is C20H22FNO3. The molecule has 0 radical (unpaired) electrons. The quantitative estimate of drug-likeness (QED) is 0.768. The summed E-state index contributed by atoms with van der Waals surface area (Å²) in [5.41, 5.74) is 3.04. The van der Waals surface area contributed by atoms with E-state index < -0.39 is 5.82 Å². The lowest BCUT2D eigenvalue weighted by Gasteiger charge is -2.15. The summed E-state index contributed by atoms with van der Waals surface area (Å²) in [6.45, 7) is 5.12. The van der Waals surface area contributed by atoms with Crippen molar-refractivity contribution in [2.75, 3.05) is 11.9 Å². The molecule has 0 heterocycles. The SMILES string of the molecule is CCc1cccc(CC)c1NC(=O)COc1ccc(F)cc1C(C)=O. The first-order valence-electron chi connectivity index (χ1n) is 8.30. The molecule has 2 aromatic rings. The average molecular weight is 343 g/mol. The Hall–Kier alpha value is -2.69. The number of nitrogens with one attached hydrogen (secondary N) is 1. The zero-order valence-corrected chi connectivity index (χ0v) is 14.7. The van der Waals surface area contributed by atoms with Crippen LogP contribution in [0.5, 0.6) is 5.75 Å². The van der Waals surface area contributed by atoms with E-state index in [0.717, 1.165) is 35.7 Å². The van der Waals surface area contributed by atoms with Gasteiger partial charge in [-0.2, -0.15) is 0 Å². The Balaban J connectivity index is 2.11. The molecule has 2 aromatic carbocycles. The third-order valence-corrected chi connectivity index (χ3v) is 3.94. The average Bonchev–Trinajstić information content (AvgIpc) is 2.60. The van der Waals surface area contributed by atoms with Crippen LogP contribution in [0.4, 0.5) is 10.1 Å². The number of ketones is 1. The molecule has 4 nitrogen and oxygen atoms in total. The lowest BCUT2D eigenvalue weighted by molar-refractivity contribution is -0.118. The van der Waals surface area contributed by atoms with Gasteiger partial charge in [0.1, 0.15) is 11.6 Å². The number of hydrogen-bond acceptors (Lipinski definition) is 3. The second-order valence-corrected chi connectivity index (χ2v) is 5.69. The number of Topliss-reactive ketones (excluding diaryl/α,β-unsaturated/α-hetero) is 1. The molecule has 0 spiro atoms. The second kappa shape index (κ2) is 8.42. The number of carbonyl (C=O) groups is 2. The third kappa shape index (κ3) is 4.66. The van der Waals surface area contributed by atoms with Crippen LogP contribution >= 0.6 is 0 Å². The highest BCUT2D eigenvalue weighted by Gasteiger charge is 2.14. The first-order valence-corrected chi connectivity index (χ1v) is 8.30. The fourth-order valence-corrected chi connectivity index (χ4v) is 2.63. The third-order valence-electron chi connectivity index (χ3n) is 3.94. The maximum absolute atomic E-state index is 13.3. The summed E-state index contributed by atoms with van der Waals surface area (Å²) in [6, 6.07) is 9.59. The number of anilines is 1. The number of halogens is 1. The molecule has 0 aliphatic heterocycles. The monoisotopic (exact) mass is 343 g/mol. The highest BCUT2D eigenvalue weighted by Crippen LogP contribution is 2.23. The van der Waals surface area contributed by atoms with Crippen LogP contribution < -0.4 is 10.1 Å². The van der Waals surface area contributed by atoms with E-state index in [1.807, 2.05) is 32.0 Å². The minimum absolute atomic E-state index is 0.121. The van der Waals surface area contributed by atoms with Crippen molar-refractivity contribution in [3.05, 3.63) is 58.9 Å². The van der Waals surface area contributed by atoms with Crippen LogP contribution in [0.2, 0.25) is 0 Å². The number of benzene rings is 2. The molecule has 25 heavy (non-hydrogen) atoms. The van der Waals surface area contributed by atoms with Crippen LogP contribution in [-0.4, -0.2) is 18.3 Å². The number of hydrogen-bond donors (Lipinski definition) is 1. The Morgan fingerprint density at radius 2 is 1.72 bits per heavy atom. The number of amides is 1. The van der Waals surface area contributed by atoms with Gasteiger partial charge < -0.3 is 10.1 Å². The van der Waals surface area contributed by atoms with Crippen molar-refractivity contribution >= 4 is 17.4 Å². The molecular weight excluding hydrogens is 321 g/mol. The molecule has 0 unspecified atom stereocenters. The van der Waals surface area contributed by atoms with Crippen molar-refractivity contribution in [2.45, 2.75) is 33.6 Å². The summed E-state index contributed by atoms with van der Waals surface area (Å²) in [5, 5.41) is 2.89. The van der Waals surface area contributed by atoms with E-state index >= 15 is 0 Å². The zero-order valence-electron chi connectivity index (χ0n) is 14.7. The summed E-state index contributed by atoms with van der Waals surface area (Å²) in [5.74, 6) is -0.969. The molecule has 5 heteroatoms. The Labute approximate surface area is 147 Å². The Kier molecular flexibility index (Phi) is 6.28. The summed E-state index contributed by atoms with van der Waals surface area (Å²) < 4.78 is 18.7. The number of aryl methyl sites for hydroxylation is 2. The molecule has 0 saturated heterocycles. The van der Waals surface area contributed by atoms with Crippen LogP contribution in [0.25, 0.3) is 0 Å². The van der Waals surface area contributed by atoms with Crippen LogP contribution in [-0.2, 0) is 17.6 Å². The lowest BCUT2D eigenvalue weighted by atomic mass is 10.0. The van der Waals surface area contributed by atoms with Crippen molar-refractivity contribution in [3.63, 3.8) is 0 Å². The van der Waals surface area contributed by atoms with Gasteiger partial charge in [0.05, 0.1) is 5.56 Å². The Morgan fingerprint density at radius 1 is 1.08 bits per heavy atom. The predicted octanol–water partition coefficient (Wildman–Crippen LogP) is 4.17. The molecule has 0 atom stereocenters. The first kappa shape index (κ1) is 18.6. The molecule has 0 bridgehead atoms. The van der Waals surface area contributed by atoms with Crippen molar-refractivity contribution in [1.29, 1.82) is 0 Å². The molecule has 1 N–H and O–H groups in total. The molecule has 2 rings (SSSR count). The van der Waals surface area contributed by atoms with Crippen molar-refractivity contribution in [1.82, 2.24) is 0 Å². The summed E-state index contributed by atoms with van der Waals surface area (Å²) in [7, 11) is 0. The van der Waals surface area contributed by atoms with Gasteiger partial charge in [-0.15, -0.1) is 0 Å². The number of rotatable bonds is 7. The van der Waals surface area contributed by atoms with Crippen molar-refractivity contribution in [3.8, 4) is 5.75 Å². The smallest absolute Gasteiger partial charge is 0.262 e. The van der Waals surface area contributed by atoms with E-state index in [4.69, 9.17) is 4.74 Å². The number of para-hydroxylation sites is 1. The van der Waals surface area contributed by atoms with E-state index in [2.05, 4.69) is 5.32 Å². The topological polar surface area (TPSA) is 55.4 Å². The molecule has 0 aromatic heterocycles. The molecule has 0 saturated carbocycles. The second-order valence-electron chi connectivity index (χ2n) is 5.69. The first-order chi connectivity index (χ1) is 12.0. The minimum Gasteiger partial charge on any atom is -0.483 e. The highest BCUT2D eigenvalue weighted by molar-refractivity contribution is 5.97. The van der Waals surface area contributed by atoms with Crippen molar-refractivity contribution < 1.29 is 18.7 Å². The number of carbonyl (C=O) groups excluding carboxylic acids is 2. The molecule has 0 aliphatic rings. The van der Waals surface area contributed by atoms with E-state index in [-0.39, 0.29) is 29.6 Å². The highest BCUT2D eigenvalue weighted by atomic mass is 19.1. The normalized spacial score (nSPS) is 10.4. The van der Waals surface area contributed by atoms with Crippen LogP contribution in [0.15, 0.2) is 36.4 Å². The van der Waals surface area contributed by atoms with Gasteiger partial charge in [0, 0.05) is 5.69 Å². The van der Waals surface area contributed by atoms with Gasteiger partial charge in [-0.3, -0.25) is 9.59 Å². The summed E-state index contributed by atoms with van der Waals surface area (Å²) in [4.78, 5) is 23.8. The van der Waals surface area contributed by atoms with E-state index in [0.29, 0.717) is 0 Å². The van der Waals surface area contributed by atoms with Crippen molar-refractivity contribution in [2.24, 2.45) is 0 Å². The zero-order chi connectivity index (χ0) is 18.4. The van der Waals surface area contributed by atoms with E-state index in [1.54, 1.807) is 0 Å². The standard InChI is InChI=1S/C20H22FNO3/c1-4-14-7-6-8-15(5-2)20(14)22-19(24)12-25-18-10-9-16(21)11-17(18)13(3)23/h6-11H,4-5,12H2,1-3H3,(H,22,24). The minimum atomic E-state index is -0.522. The van der Waals surface area contributed by atoms with Gasteiger partial charge in [-0.05, 0) is 49.1 Å². The number of ether oxygens (including phenoxy) is 1. The summed E-state index contributed by atoms with van der Waals surface area (Å²) in [6.07, 6.45) is 1.60. The summed E-state index contributed by atoms with van der Waals surface area (Å²) >= 11 is 0. The largest absolute Gasteiger partial charge is 0.483 e. The lowest BCUT2D eigenvalue weighted by Crippen LogP contribution is -2.22.